The number of ether oxygens (including phenoxy) is 1. The van der Waals surface area contributed by atoms with Crippen LogP contribution >= 0.6 is 0 Å². The fourth-order valence-electron chi connectivity index (χ4n) is 2.82. The molecule has 1 atom stereocenters. The van der Waals surface area contributed by atoms with Crippen LogP contribution in [-0.4, -0.2) is 41.5 Å². The van der Waals surface area contributed by atoms with Gasteiger partial charge in [-0.05, 0) is 24.3 Å². The number of aromatic nitrogens is 1. The Morgan fingerprint density at radius 2 is 2.10 bits per heavy atom. The Labute approximate surface area is 122 Å². The first-order valence-electron chi connectivity index (χ1n) is 6.95. The van der Waals surface area contributed by atoms with Crippen molar-refractivity contribution >= 4 is 22.6 Å². The third-order valence-electron chi connectivity index (χ3n) is 3.86. The lowest BCUT2D eigenvalue weighted by molar-refractivity contribution is -0.145. The maximum atomic E-state index is 12.7. The molecule has 1 saturated heterocycles. The number of amides is 1. The normalized spacial score (nSPS) is 18.0. The van der Waals surface area contributed by atoms with E-state index >= 15 is 0 Å². The summed E-state index contributed by atoms with van der Waals surface area (Å²) in [6.07, 6.45) is 3.07. The van der Waals surface area contributed by atoms with Gasteiger partial charge in [-0.25, -0.2) is 4.79 Å². The minimum absolute atomic E-state index is 0.209. The number of esters is 1. The Hall–Kier alpha value is -2.43. The van der Waals surface area contributed by atoms with Gasteiger partial charge in [0.15, 0.2) is 0 Å². The van der Waals surface area contributed by atoms with E-state index in [1.807, 2.05) is 30.3 Å². The van der Waals surface area contributed by atoms with Crippen LogP contribution in [0, 0.1) is 0 Å². The van der Waals surface area contributed by atoms with Gasteiger partial charge >= 0.3 is 5.97 Å². The fraction of sp³-hybridized carbons (Fsp3) is 0.312. The number of fused-ring (bicyclic) bond motifs is 1. The largest absolute Gasteiger partial charge is 0.467 e. The summed E-state index contributed by atoms with van der Waals surface area (Å²) in [6.45, 7) is 0.559. The average molecular weight is 284 g/mol. The molecule has 1 unspecified atom stereocenters. The molecule has 2 heterocycles. The summed E-state index contributed by atoms with van der Waals surface area (Å²) >= 11 is 0. The van der Waals surface area contributed by atoms with Gasteiger partial charge < -0.3 is 9.64 Å². The number of hydrogen-bond donors (Lipinski definition) is 0. The van der Waals surface area contributed by atoms with Gasteiger partial charge in [-0.1, -0.05) is 24.3 Å². The van der Waals surface area contributed by atoms with Crippen molar-refractivity contribution in [2.24, 2.45) is 0 Å². The summed E-state index contributed by atoms with van der Waals surface area (Å²) in [5.41, 5.74) is 0.393. The molecule has 1 aliphatic heterocycles. The van der Waals surface area contributed by atoms with E-state index in [0.29, 0.717) is 18.7 Å². The topological polar surface area (TPSA) is 59.5 Å². The van der Waals surface area contributed by atoms with E-state index in [9.17, 15) is 9.59 Å². The van der Waals surface area contributed by atoms with Gasteiger partial charge in [-0.2, -0.15) is 0 Å². The molecule has 2 aromatic rings. The lowest BCUT2D eigenvalue weighted by Crippen LogP contribution is -2.41. The van der Waals surface area contributed by atoms with E-state index in [-0.39, 0.29) is 11.9 Å². The van der Waals surface area contributed by atoms with Gasteiger partial charge in [0, 0.05) is 18.1 Å². The maximum Gasteiger partial charge on any atom is 0.328 e. The second kappa shape index (κ2) is 5.52. The second-order valence-electron chi connectivity index (χ2n) is 5.06. The van der Waals surface area contributed by atoms with E-state index in [0.717, 1.165) is 17.2 Å². The minimum atomic E-state index is -0.497. The molecule has 1 aromatic carbocycles. The van der Waals surface area contributed by atoms with Crippen molar-refractivity contribution in [2.75, 3.05) is 13.7 Å². The number of rotatable bonds is 2. The van der Waals surface area contributed by atoms with Gasteiger partial charge in [0.1, 0.15) is 11.7 Å². The first kappa shape index (κ1) is 13.5. The number of carbonyl (C=O) groups excluding carboxylic acids is 2. The van der Waals surface area contributed by atoms with E-state index in [2.05, 4.69) is 4.98 Å². The van der Waals surface area contributed by atoms with E-state index in [1.165, 1.54) is 7.11 Å². The SMILES string of the molecule is COC(=O)C1CCCN1C(=O)c1nccc2ccccc12. The summed E-state index contributed by atoms with van der Waals surface area (Å²) in [7, 11) is 1.35. The quantitative estimate of drug-likeness (QED) is 0.792. The minimum Gasteiger partial charge on any atom is -0.467 e. The zero-order chi connectivity index (χ0) is 14.8. The number of benzene rings is 1. The Morgan fingerprint density at radius 3 is 2.90 bits per heavy atom. The number of methoxy groups -OCH3 is 1. The summed E-state index contributed by atoms with van der Waals surface area (Å²) in [4.78, 5) is 30.3. The number of pyridine rings is 1. The van der Waals surface area contributed by atoms with Crippen molar-refractivity contribution in [1.82, 2.24) is 9.88 Å². The Bertz CT molecular complexity index is 693. The Morgan fingerprint density at radius 1 is 1.29 bits per heavy atom. The van der Waals surface area contributed by atoms with Gasteiger partial charge in [0.25, 0.3) is 5.91 Å². The molecule has 0 bridgehead atoms. The number of likely N-dealkylation sites (tertiary alicyclic amines) is 1. The zero-order valence-electron chi connectivity index (χ0n) is 11.8. The van der Waals surface area contributed by atoms with Crippen molar-refractivity contribution in [3.05, 3.63) is 42.2 Å². The molecule has 3 rings (SSSR count). The fourth-order valence-corrected chi connectivity index (χ4v) is 2.82. The van der Waals surface area contributed by atoms with Crippen molar-refractivity contribution in [1.29, 1.82) is 0 Å². The highest BCUT2D eigenvalue weighted by atomic mass is 16.5. The molecule has 5 nitrogen and oxygen atoms in total. The summed E-state index contributed by atoms with van der Waals surface area (Å²) in [6, 6.07) is 8.98. The molecule has 1 amide bonds. The van der Waals surface area contributed by atoms with Gasteiger partial charge in [0.05, 0.1) is 7.11 Å². The van der Waals surface area contributed by atoms with Crippen LogP contribution in [-0.2, 0) is 9.53 Å². The van der Waals surface area contributed by atoms with Crippen LogP contribution in [0.15, 0.2) is 36.5 Å². The highest BCUT2D eigenvalue weighted by Gasteiger charge is 2.36. The highest BCUT2D eigenvalue weighted by Crippen LogP contribution is 2.24. The first-order chi connectivity index (χ1) is 10.2. The number of nitrogens with zero attached hydrogens (tertiary/aromatic N) is 2. The van der Waals surface area contributed by atoms with Crippen LogP contribution in [0.1, 0.15) is 23.3 Å². The van der Waals surface area contributed by atoms with Crippen molar-refractivity contribution < 1.29 is 14.3 Å². The summed E-state index contributed by atoms with van der Waals surface area (Å²) < 4.78 is 4.78. The molecular formula is C16H16N2O3. The van der Waals surface area contributed by atoms with Crippen LogP contribution in [0.25, 0.3) is 10.8 Å². The Balaban J connectivity index is 1.99. The smallest absolute Gasteiger partial charge is 0.328 e. The number of carbonyl (C=O) groups is 2. The maximum absolute atomic E-state index is 12.7. The standard InChI is InChI=1S/C16H16N2O3/c1-21-16(20)13-7-4-10-18(13)15(19)14-12-6-3-2-5-11(12)8-9-17-14/h2-3,5-6,8-9,13H,4,7,10H2,1H3. The molecule has 108 valence electrons. The van der Waals surface area contributed by atoms with Crippen LogP contribution in [0.2, 0.25) is 0 Å². The van der Waals surface area contributed by atoms with Crippen molar-refractivity contribution in [3.8, 4) is 0 Å². The third-order valence-corrected chi connectivity index (χ3v) is 3.86. The third kappa shape index (κ3) is 2.35. The molecule has 21 heavy (non-hydrogen) atoms. The average Bonchev–Trinajstić information content (AvgIpc) is 3.02. The predicted octanol–water partition coefficient (Wildman–Crippen LogP) is 2.01. The van der Waals surface area contributed by atoms with E-state index in [4.69, 9.17) is 4.74 Å². The van der Waals surface area contributed by atoms with Crippen molar-refractivity contribution in [2.45, 2.75) is 18.9 Å². The predicted molar refractivity (Wildman–Crippen MR) is 77.8 cm³/mol. The molecule has 0 spiro atoms. The zero-order valence-corrected chi connectivity index (χ0v) is 11.8. The molecule has 0 saturated carbocycles. The molecule has 5 heteroatoms. The lowest BCUT2D eigenvalue weighted by atomic mass is 10.1. The molecule has 1 aromatic heterocycles. The van der Waals surface area contributed by atoms with E-state index in [1.54, 1.807) is 11.1 Å². The molecule has 1 fully saturated rings. The summed E-state index contributed by atoms with van der Waals surface area (Å²) in [5.74, 6) is -0.569. The molecular weight excluding hydrogens is 268 g/mol. The van der Waals surface area contributed by atoms with Gasteiger partial charge in [-0.3, -0.25) is 9.78 Å². The van der Waals surface area contributed by atoms with E-state index < -0.39 is 6.04 Å². The number of hydrogen-bond acceptors (Lipinski definition) is 4. The molecule has 0 aliphatic carbocycles. The second-order valence-corrected chi connectivity index (χ2v) is 5.06. The van der Waals surface area contributed by atoms with Gasteiger partial charge in [-0.15, -0.1) is 0 Å². The van der Waals surface area contributed by atoms with Crippen LogP contribution in [0.5, 0.6) is 0 Å². The molecule has 1 aliphatic rings. The molecule has 0 N–H and O–H groups in total. The van der Waals surface area contributed by atoms with Crippen LogP contribution in [0.3, 0.4) is 0 Å². The van der Waals surface area contributed by atoms with Gasteiger partial charge in [0.2, 0.25) is 0 Å². The Kier molecular flexibility index (Phi) is 3.56. The highest BCUT2D eigenvalue weighted by molar-refractivity contribution is 6.06. The monoisotopic (exact) mass is 284 g/mol. The first-order valence-corrected chi connectivity index (χ1v) is 6.95. The molecule has 0 radical (unpaired) electrons. The van der Waals surface area contributed by atoms with Crippen LogP contribution < -0.4 is 0 Å². The summed E-state index contributed by atoms with van der Waals surface area (Å²) in [5, 5.41) is 1.77. The van der Waals surface area contributed by atoms with Crippen molar-refractivity contribution in [3.63, 3.8) is 0 Å². The van der Waals surface area contributed by atoms with Crippen LogP contribution in [0.4, 0.5) is 0 Å². The lowest BCUT2D eigenvalue weighted by Gasteiger charge is -2.22.